The number of anilines is 2. The van der Waals surface area contributed by atoms with Crippen LogP contribution in [0.15, 0.2) is 24.3 Å². The molecular formula is C13H18N2O4. The van der Waals surface area contributed by atoms with Crippen molar-refractivity contribution >= 4 is 23.2 Å². The Morgan fingerprint density at radius 2 is 1.84 bits per heavy atom. The Balaban J connectivity index is 2.43. The minimum Gasteiger partial charge on any atom is -0.382 e. The number of hydrogen-bond donors (Lipinski definition) is 2. The minimum absolute atomic E-state index is 0.0340. The minimum atomic E-state index is -0.254. The number of carbonyl (C=O) groups excluding carboxylic acids is 2. The highest BCUT2D eigenvalue weighted by Crippen LogP contribution is 2.14. The third-order valence-electron chi connectivity index (χ3n) is 2.13. The molecule has 2 N–H and O–H groups in total. The van der Waals surface area contributed by atoms with Crippen LogP contribution in [0.25, 0.3) is 0 Å². The van der Waals surface area contributed by atoms with Gasteiger partial charge in [-0.2, -0.15) is 0 Å². The molecule has 0 radical (unpaired) electrons. The molecule has 1 rings (SSSR count). The molecule has 2 amide bonds. The first-order valence-corrected chi connectivity index (χ1v) is 5.86. The molecule has 0 bridgehead atoms. The van der Waals surface area contributed by atoms with Gasteiger partial charge >= 0.3 is 0 Å². The van der Waals surface area contributed by atoms with Gasteiger partial charge in [-0.05, 0) is 18.2 Å². The summed E-state index contributed by atoms with van der Waals surface area (Å²) in [5.41, 5.74) is 1.23. The number of methoxy groups -OCH3 is 1. The van der Waals surface area contributed by atoms with E-state index in [1.165, 1.54) is 6.92 Å². The summed E-state index contributed by atoms with van der Waals surface area (Å²) in [5.74, 6) is -0.414. The molecule has 0 spiro atoms. The van der Waals surface area contributed by atoms with Gasteiger partial charge in [0.05, 0.1) is 13.2 Å². The lowest BCUT2D eigenvalue weighted by atomic mass is 10.2. The fraction of sp³-hybridized carbons (Fsp3) is 0.385. The highest BCUT2D eigenvalue weighted by molar-refractivity contribution is 5.93. The number of carbonyl (C=O) groups is 2. The van der Waals surface area contributed by atoms with Crippen molar-refractivity contribution in [2.24, 2.45) is 0 Å². The monoisotopic (exact) mass is 266 g/mol. The van der Waals surface area contributed by atoms with Crippen molar-refractivity contribution in [3.05, 3.63) is 24.3 Å². The van der Waals surface area contributed by atoms with Gasteiger partial charge in [-0.3, -0.25) is 9.59 Å². The van der Waals surface area contributed by atoms with Gasteiger partial charge in [0.25, 0.3) is 0 Å². The van der Waals surface area contributed by atoms with Crippen molar-refractivity contribution < 1.29 is 19.1 Å². The van der Waals surface area contributed by atoms with Crippen LogP contribution in [0.4, 0.5) is 11.4 Å². The van der Waals surface area contributed by atoms with E-state index in [4.69, 9.17) is 9.47 Å². The van der Waals surface area contributed by atoms with Crippen molar-refractivity contribution in [3.63, 3.8) is 0 Å². The lowest BCUT2D eigenvalue weighted by Crippen LogP contribution is -2.19. The van der Waals surface area contributed by atoms with Gasteiger partial charge in [0.2, 0.25) is 11.8 Å². The van der Waals surface area contributed by atoms with E-state index in [9.17, 15) is 9.59 Å². The van der Waals surface area contributed by atoms with E-state index in [0.29, 0.717) is 24.6 Å². The quantitative estimate of drug-likeness (QED) is 0.728. The van der Waals surface area contributed by atoms with Crippen molar-refractivity contribution in [1.29, 1.82) is 0 Å². The number of nitrogens with one attached hydrogen (secondary N) is 2. The van der Waals surface area contributed by atoms with Crippen LogP contribution in [0.5, 0.6) is 0 Å². The average Bonchev–Trinajstić information content (AvgIpc) is 2.34. The SMILES string of the molecule is COCCOCC(=O)Nc1cccc(NC(C)=O)c1. The Morgan fingerprint density at radius 3 is 2.47 bits per heavy atom. The molecule has 1 aromatic rings. The number of hydrogen-bond acceptors (Lipinski definition) is 4. The summed E-state index contributed by atoms with van der Waals surface area (Å²) in [6.45, 7) is 2.21. The summed E-state index contributed by atoms with van der Waals surface area (Å²) >= 11 is 0. The molecule has 0 fully saturated rings. The Kier molecular flexibility index (Phi) is 6.56. The summed E-state index contributed by atoms with van der Waals surface area (Å²) in [6, 6.07) is 6.89. The molecule has 0 aliphatic rings. The van der Waals surface area contributed by atoms with Crippen LogP contribution in [0.3, 0.4) is 0 Å². The Morgan fingerprint density at radius 1 is 1.16 bits per heavy atom. The van der Waals surface area contributed by atoms with Crippen LogP contribution in [0.1, 0.15) is 6.92 Å². The zero-order valence-corrected chi connectivity index (χ0v) is 11.1. The Hall–Kier alpha value is -1.92. The maximum Gasteiger partial charge on any atom is 0.250 e. The topological polar surface area (TPSA) is 76.7 Å². The number of amides is 2. The zero-order valence-electron chi connectivity index (χ0n) is 11.1. The molecule has 1 aromatic carbocycles. The first kappa shape index (κ1) is 15.1. The molecule has 19 heavy (non-hydrogen) atoms. The second-order valence-electron chi connectivity index (χ2n) is 3.86. The molecule has 6 heteroatoms. The summed E-state index contributed by atoms with van der Waals surface area (Å²) in [5, 5.41) is 5.32. The third kappa shape index (κ3) is 6.54. The van der Waals surface area contributed by atoms with E-state index in [1.807, 2.05) is 0 Å². The summed E-state index contributed by atoms with van der Waals surface area (Å²) in [4.78, 5) is 22.5. The van der Waals surface area contributed by atoms with Crippen molar-refractivity contribution in [1.82, 2.24) is 0 Å². The van der Waals surface area contributed by atoms with Gasteiger partial charge in [0.1, 0.15) is 6.61 Å². The van der Waals surface area contributed by atoms with Crippen molar-refractivity contribution in [2.75, 3.05) is 37.6 Å². The van der Waals surface area contributed by atoms with Crippen LogP contribution < -0.4 is 10.6 Å². The number of rotatable bonds is 7. The molecule has 0 unspecified atom stereocenters. The van der Waals surface area contributed by atoms with Gasteiger partial charge in [-0.15, -0.1) is 0 Å². The Labute approximate surface area is 112 Å². The predicted octanol–water partition coefficient (Wildman–Crippen LogP) is 1.25. The fourth-order valence-corrected chi connectivity index (χ4v) is 1.38. The van der Waals surface area contributed by atoms with Crippen LogP contribution >= 0.6 is 0 Å². The molecule has 0 saturated heterocycles. The molecule has 0 atom stereocenters. The van der Waals surface area contributed by atoms with E-state index in [2.05, 4.69) is 10.6 Å². The summed E-state index contributed by atoms with van der Waals surface area (Å²) < 4.78 is 9.89. The van der Waals surface area contributed by atoms with Crippen molar-refractivity contribution in [2.45, 2.75) is 6.92 Å². The molecule has 0 aliphatic heterocycles. The first-order valence-electron chi connectivity index (χ1n) is 5.86. The van der Waals surface area contributed by atoms with E-state index in [1.54, 1.807) is 31.4 Å². The zero-order chi connectivity index (χ0) is 14.1. The Bertz CT molecular complexity index is 434. The maximum absolute atomic E-state index is 11.5. The first-order chi connectivity index (χ1) is 9.11. The van der Waals surface area contributed by atoms with Crippen LogP contribution in [-0.2, 0) is 19.1 Å². The van der Waals surface area contributed by atoms with E-state index in [0.717, 1.165) is 0 Å². The molecular weight excluding hydrogens is 248 g/mol. The molecule has 0 aliphatic carbocycles. The highest BCUT2D eigenvalue weighted by Gasteiger charge is 2.03. The van der Waals surface area contributed by atoms with Gasteiger partial charge in [0.15, 0.2) is 0 Å². The predicted molar refractivity (Wildman–Crippen MR) is 72.1 cm³/mol. The van der Waals surface area contributed by atoms with E-state index >= 15 is 0 Å². The van der Waals surface area contributed by atoms with Crippen LogP contribution in [0.2, 0.25) is 0 Å². The fourth-order valence-electron chi connectivity index (χ4n) is 1.38. The van der Waals surface area contributed by atoms with Gasteiger partial charge < -0.3 is 20.1 Å². The second kappa shape index (κ2) is 8.23. The molecule has 0 saturated carbocycles. The average molecular weight is 266 g/mol. The van der Waals surface area contributed by atoms with E-state index in [-0.39, 0.29) is 18.4 Å². The number of benzene rings is 1. The van der Waals surface area contributed by atoms with Gasteiger partial charge in [0, 0.05) is 25.4 Å². The molecule has 104 valence electrons. The molecule has 0 heterocycles. The molecule has 6 nitrogen and oxygen atoms in total. The highest BCUT2D eigenvalue weighted by atomic mass is 16.5. The standard InChI is InChI=1S/C13H18N2O4/c1-10(16)14-11-4-3-5-12(8-11)15-13(17)9-19-7-6-18-2/h3-5,8H,6-7,9H2,1-2H3,(H,14,16)(H,15,17). The third-order valence-corrected chi connectivity index (χ3v) is 2.13. The molecule has 0 aromatic heterocycles. The van der Waals surface area contributed by atoms with Gasteiger partial charge in [-0.1, -0.05) is 6.07 Å². The maximum atomic E-state index is 11.5. The van der Waals surface area contributed by atoms with Crippen LogP contribution in [-0.4, -0.2) is 38.7 Å². The smallest absolute Gasteiger partial charge is 0.250 e. The largest absolute Gasteiger partial charge is 0.382 e. The number of ether oxygens (including phenoxy) is 2. The van der Waals surface area contributed by atoms with Gasteiger partial charge in [-0.25, -0.2) is 0 Å². The lowest BCUT2D eigenvalue weighted by Gasteiger charge is -2.08. The normalized spacial score (nSPS) is 10.0. The second-order valence-corrected chi connectivity index (χ2v) is 3.86. The summed E-state index contributed by atoms with van der Waals surface area (Å²) in [6.07, 6.45) is 0. The van der Waals surface area contributed by atoms with Crippen LogP contribution in [0, 0.1) is 0 Å². The van der Waals surface area contributed by atoms with Crippen molar-refractivity contribution in [3.8, 4) is 0 Å². The lowest BCUT2D eigenvalue weighted by molar-refractivity contribution is -0.121. The van der Waals surface area contributed by atoms with E-state index < -0.39 is 0 Å². The summed E-state index contributed by atoms with van der Waals surface area (Å²) in [7, 11) is 1.57.